The molecule has 0 saturated carbocycles. The van der Waals surface area contributed by atoms with Crippen molar-refractivity contribution in [1.29, 1.82) is 0 Å². The highest BCUT2D eigenvalue weighted by atomic mass is 16.5. The van der Waals surface area contributed by atoms with Crippen molar-refractivity contribution in [3.63, 3.8) is 0 Å². The zero-order valence-electron chi connectivity index (χ0n) is 11.1. The lowest BCUT2D eigenvalue weighted by atomic mass is 10.1. The molecule has 0 amide bonds. The zero-order valence-corrected chi connectivity index (χ0v) is 11.1. The molecule has 102 valence electrons. The summed E-state index contributed by atoms with van der Waals surface area (Å²) in [6.45, 7) is 7.24. The molecule has 6 nitrogen and oxygen atoms in total. The maximum Gasteiger partial charge on any atom is 0.0700 e. The number of rotatable bonds is 8. The van der Waals surface area contributed by atoms with Crippen molar-refractivity contribution < 1.29 is 4.74 Å². The van der Waals surface area contributed by atoms with Crippen LogP contribution in [0.1, 0.15) is 0 Å². The number of hydrogen-bond donors (Lipinski definition) is 3. The lowest BCUT2D eigenvalue weighted by molar-refractivity contribution is 0.187. The number of nitrogens with two attached hydrogens (primary N) is 1. The molecular weight excluding hydrogens is 230 g/mol. The minimum absolute atomic E-state index is 0.536. The van der Waals surface area contributed by atoms with Crippen LogP contribution in [0.3, 0.4) is 0 Å². The van der Waals surface area contributed by atoms with E-state index in [9.17, 15) is 0 Å². The van der Waals surface area contributed by atoms with Gasteiger partial charge in [0.05, 0.1) is 18.5 Å². The Morgan fingerprint density at radius 3 is 2.89 bits per heavy atom. The van der Waals surface area contributed by atoms with Crippen LogP contribution in [0.4, 0.5) is 0 Å². The SMILES string of the molecule is C=C(/C=C(\C=N/N)N1CC(NC)C1)NCCOC. The van der Waals surface area contributed by atoms with Gasteiger partial charge in [-0.05, 0) is 13.1 Å². The largest absolute Gasteiger partial charge is 0.383 e. The summed E-state index contributed by atoms with van der Waals surface area (Å²) in [7, 11) is 3.64. The first-order valence-corrected chi connectivity index (χ1v) is 6.00. The molecule has 0 spiro atoms. The number of hydrazone groups is 1. The molecule has 18 heavy (non-hydrogen) atoms. The van der Waals surface area contributed by atoms with Crippen molar-refractivity contribution in [3.05, 3.63) is 24.0 Å². The van der Waals surface area contributed by atoms with E-state index in [2.05, 4.69) is 27.2 Å². The molecule has 0 aromatic heterocycles. The summed E-state index contributed by atoms with van der Waals surface area (Å²) < 4.78 is 4.96. The minimum Gasteiger partial charge on any atom is -0.383 e. The minimum atomic E-state index is 0.536. The normalized spacial score (nSPS) is 17.0. The van der Waals surface area contributed by atoms with Crippen LogP contribution in [0.5, 0.6) is 0 Å². The van der Waals surface area contributed by atoms with Gasteiger partial charge in [0.25, 0.3) is 0 Å². The Balaban J connectivity index is 2.48. The average molecular weight is 253 g/mol. The first-order valence-electron chi connectivity index (χ1n) is 6.00. The molecule has 0 atom stereocenters. The van der Waals surface area contributed by atoms with Crippen LogP contribution < -0.4 is 16.5 Å². The van der Waals surface area contributed by atoms with Gasteiger partial charge in [-0.25, -0.2) is 0 Å². The highest BCUT2D eigenvalue weighted by molar-refractivity contribution is 5.78. The Labute approximate surface area is 109 Å². The topological polar surface area (TPSA) is 74.9 Å². The van der Waals surface area contributed by atoms with Gasteiger partial charge in [0.2, 0.25) is 0 Å². The molecule has 4 N–H and O–H groups in total. The maximum atomic E-state index is 5.23. The third-order valence-electron chi connectivity index (χ3n) is 2.84. The molecule has 0 bridgehead atoms. The second kappa shape index (κ2) is 7.73. The molecule has 0 unspecified atom stereocenters. The first kappa shape index (κ1) is 14.5. The smallest absolute Gasteiger partial charge is 0.0700 e. The van der Waals surface area contributed by atoms with E-state index in [0.717, 1.165) is 31.0 Å². The van der Waals surface area contributed by atoms with Crippen LogP contribution >= 0.6 is 0 Å². The van der Waals surface area contributed by atoms with Gasteiger partial charge in [-0.15, -0.1) is 0 Å². The number of hydrogen-bond acceptors (Lipinski definition) is 6. The molecule has 1 heterocycles. The Kier molecular flexibility index (Phi) is 6.24. The van der Waals surface area contributed by atoms with Gasteiger partial charge in [0, 0.05) is 38.5 Å². The third-order valence-corrected chi connectivity index (χ3v) is 2.84. The van der Waals surface area contributed by atoms with Crippen LogP contribution in [0, 0.1) is 0 Å². The summed E-state index contributed by atoms with van der Waals surface area (Å²) >= 11 is 0. The van der Waals surface area contributed by atoms with E-state index in [4.69, 9.17) is 10.6 Å². The summed E-state index contributed by atoms with van der Waals surface area (Å²) in [6.07, 6.45) is 3.59. The fraction of sp³-hybridized carbons (Fsp3) is 0.583. The standard InChI is InChI=1S/C12H23N5O/c1-10(15-4-5-18-3)6-12(7-16-13)17-8-11(9-17)14-2/h6-7,11,14-15H,1,4-5,8-9,13H2,2-3H3/b12-6+,16-7-. The van der Waals surface area contributed by atoms with E-state index in [1.807, 2.05) is 13.1 Å². The molecule has 1 rings (SSSR count). The third kappa shape index (κ3) is 4.38. The molecule has 6 heteroatoms. The van der Waals surface area contributed by atoms with Gasteiger partial charge in [-0.1, -0.05) is 6.58 Å². The van der Waals surface area contributed by atoms with Gasteiger partial charge >= 0.3 is 0 Å². The highest BCUT2D eigenvalue weighted by Crippen LogP contribution is 2.14. The Morgan fingerprint density at radius 2 is 2.33 bits per heavy atom. The van der Waals surface area contributed by atoms with Gasteiger partial charge in [-0.2, -0.15) is 5.10 Å². The first-order chi connectivity index (χ1) is 8.71. The second-order valence-electron chi connectivity index (χ2n) is 4.18. The van der Waals surface area contributed by atoms with Gasteiger partial charge in [0.15, 0.2) is 0 Å². The Hall–Kier alpha value is -1.53. The monoisotopic (exact) mass is 253 g/mol. The lowest BCUT2D eigenvalue weighted by Gasteiger charge is -2.41. The number of nitrogens with one attached hydrogen (secondary N) is 2. The van der Waals surface area contributed by atoms with Crippen molar-refractivity contribution in [2.24, 2.45) is 10.9 Å². The summed E-state index contributed by atoms with van der Waals surface area (Å²) in [5, 5.41) is 9.97. The fourth-order valence-electron chi connectivity index (χ4n) is 1.70. The average Bonchev–Trinajstić information content (AvgIpc) is 2.28. The van der Waals surface area contributed by atoms with Crippen molar-refractivity contribution in [2.45, 2.75) is 6.04 Å². The lowest BCUT2D eigenvalue weighted by Crippen LogP contribution is -2.56. The van der Waals surface area contributed by atoms with Crippen molar-refractivity contribution in [1.82, 2.24) is 15.5 Å². The fourth-order valence-corrected chi connectivity index (χ4v) is 1.70. The van der Waals surface area contributed by atoms with E-state index in [1.165, 1.54) is 0 Å². The van der Waals surface area contributed by atoms with Gasteiger partial charge in [-0.3, -0.25) is 0 Å². The molecular formula is C12H23N5O. The van der Waals surface area contributed by atoms with Crippen molar-refractivity contribution >= 4 is 6.21 Å². The number of allylic oxidation sites excluding steroid dienone is 2. The molecule has 1 aliphatic rings. The molecule has 1 saturated heterocycles. The summed E-state index contributed by atoms with van der Waals surface area (Å²) in [4.78, 5) is 2.20. The number of ether oxygens (including phenoxy) is 1. The van der Waals surface area contributed by atoms with Gasteiger partial charge in [0.1, 0.15) is 0 Å². The summed E-state index contributed by atoms with van der Waals surface area (Å²) in [6, 6.07) is 0.536. The highest BCUT2D eigenvalue weighted by Gasteiger charge is 2.26. The molecule has 0 aliphatic carbocycles. The number of nitrogens with zero attached hydrogens (tertiary/aromatic N) is 2. The molecule has 0 aromatic carbocycles. The molecule has 0 radical (unpaired) electrons. The van der Waals surface area contributed by atoms with Crippen LogP contribution in [0.2, 0.25) is 0 Å². The predicted octanol–water partition coefficient (Wildman–Crippen LogP) is -0.532. The van der Waals surface area contributed by atoms with Crippen LogP contribution in [0.15, 0.2) is 29.2 Å². The van der Waals surface area contributed by atoms with E-state index in [0.29, 0.717) is 12.6 Å². The zero-order chi connectivity index (χ0) is 13.4. The second-order valence-corrected chi connectivity index (χ2v) is 4.18. The Morgan fingerprint density at radius 1 is 1.61 bits per heavy atom. The number of methoxy groups -OCH3 is 1. The molecule has 0 aromatic rings. The van der Waals surface area contributed by atoms with Crippen molar-refractivity contribution in [2.75, 3.05) is 40.4 Å². The van der Waals surface area contributed by atoms with E-state index >= 15 is 0 Å². The molecule has 1 aliphatic heterocycles. The predicted molar refractivity (Wildman–Crippen MR) is 74.2 cm³/mol. The van der Waals surface area contributed by atoms with Crippen LogP contribution in [-0.4, -0.2) is 57.6 Å². The quantitative estimate of drug-likeness (QED) is 0.178. The summed E-state index contributed by atoms with van der Waals surface area (Å²) in [5.41, 5.74) is 1.80. The number of likely N-dealkylation sites (tertiary alicyclic amines) is 1. The van der Waals surface area contributed by atoms with E-state index in [-0.39, 0.29) is 0 Å². The van der Waals surface area contributed by atoms with E-state index < -0.39 is 0 Å². The summed E-state index contributed by atoms with van der Waals surface area (Å²) in [5.74, 6) is 5.23. The van der Waals surface area contributed by atoms with Crippen LogP contribution in [-0.2, 0) is 4.74 Å². The van der Waals surface area contributed by atoms with Gasteiger partial charge < -0.3 is 26.1 Å². The molecule has 1 fully saturated rings. The van der Waals surface area contributed by atoms with E-state index in [1.54, 1.807) is 13.3 Å². The Bertz CT molecular complexity index is 320. The van der Waals surface area contributed by atoms with Crippen LogP contribution in [0.25, 0.3) is 0 Å². The maximum absolute atomic E-state index is 5.23. The van der Waals surface area contributed by atoms with Crippen molar-refractivity contribution in [3.8, 4) is 0 Å². The number of likely N-dealkylation sites (N-methyl/N-ethyl adjacent to an activating group) is 1.